The molecule has 0 aliphatic heterocycles. The highest BCUT2D eigenvalue weighted by Crippen LogP contribution is 2.26. The van der Waals surface area contributed by atoms with Crippen LogP contribution in [0, 0.1) is 0 Å². The van der Waals surface area contributed by atoms with Crippen LogP contribution in [0.1, 0.15) is 24.2 Å². The molecule has 0 saturated carbocycles. The van der Waals surface area contributed by atoms with Crippen molar-refractivity contribution in [2.24, 2.45) is 5.10 Å². The Morgan fingerprint density at radius 1 is 1.41 bits per heavy atom. The van der Waals surface area contributed by atoms with Gasteiger partial charge in [0.05, 0.1) is 5.52 Å². The summed E-state index contributed by atoms with van der Waals surface area (Å²) in [6.07, 6.45) is 1.56. The number of nitrogens with zero attached hydrogens (tertiary/aromatic N) is 2. The smallest absolute Gasteiger partial charge is 0.280 e. The maximum atomic E-state index is 12.5. The largest absolute Gasteiger partial charge is 0.506 e. The first-order valence-electron chi connectivity index (χ1n) is 6.74. The normalized spacial score (nSPS) is 10.3. The van der Waals surface area contributed by atoms with Crippen LogP contribution in [0.3, 0.4) is 0 Å². The van der Waals surface area contributed by atoms with Gasteiger partial charge in [-0.1, -0.05) is 18.2 Å². The number of aromatic nitrogens is 1. The van der Waals surface area contributed by atoms with Crippen LogP contribution in [0.5, 0.6) is 5.75 Å². The number of carbonyl (C=O) groups is 1. The Kier molecular flexibility index (Phi) is 4.41. The minimum absolute atomic E-state index is 0.232. The zero-order valence-corrected chi connectivity index (χ0v) is 12.5. The fourth-order valence-electron chi connectivity index (χ4n) is 2.12. The van der Waals surface area contributed by atoms with Crippen molar-refractivity contribution in [3.8, 4) is 5.75 Å². The molecular weight excluding hydrogens is 282 g/mol. The number of hydrogen-bond donors (Lipinski definition) is 2. The Hall–Kier alpha value is -2.89. The average molecular weight is 299 g/mol. The van der Waals surface area contributed by atoms with E-state index >= 15 is 0 Å². The molecule has 22 heavy (non-hydrogen) atoms. The summed E-state index contributed by atoms with van der Waals surface area (Å²) in [6.45, 7) is 7.26. The third-order valence-electron chi connectivity index (χ3n) is 3.07. The Morgan fingerprint density at radius 3 is 2.73 bits per heavy atom. The number of nitrogens with one attached hydrogen (secondary N) is 1. The molecule has 0 aliphatic carbocycles. The van der Waals surface area contributed by atoms with Crippen LogP contribution in [0.2, 0.25) is 0 Å². The van der Waals surface area contributed by atoms with Crippen LogP contribution in [-0.2, 0) is 6.54 Å². The number of hydrazone groups is 1. The van der Waals surface area contributed by atoms with Crippen LogP contribution >= 0.6 is 0 Å². The molecule has 0 atom stereocenters. The van der Waals surface area contributed by atoms with Crippen molar-refractivity contribution >= 4 is 22.5 Å². The highest BCUT2D eigenvalue weighted by atomic mass is 16.3. The van der Waals surface area contributed by atoms with E-state index in [4.69, 9.17) is 0 Å². The van der Waals surface area contributed by atoms with Gasteiger partial charge in [0.1, 0.15) is 11.3 Å². The lowest BCUT2D eigenvalue weighted by molar-refractivity contribution is 0.0950. The van der Waals surface area contributed by atoms with Crippen molar-refractivity contribution in [1.29, 1.82) is 0 Å². The number of aromatic hydroxyl groups is 1. The van der Waals surface area contributed by atoms with E-state index in [9.17, 15) is 14.7 Å². The molecule has 0 saturated heterocycles. The summed E-state index contributed by atoms with van der Waals surface area (Å²) in [5.41, 5.74) is 2.51. The van der Waals surface area contributed by atoms with Gasteiger partial charge >= 0.3 is 0 Å². The molecular formula is C16H17N3O3. The van der Waals surface area contributed by atoms with E-state index in [-0.39, 0.29) is 17.9 Å². The van der Waals surface area contributed by atoms with E-state index in [2.05, 4.69) is 17.1 Å². The average Bonchev–Trinajstić information content (AvgIpc) is 2.49. The molecule has 1 amide bonds. The standard InChI is InChI=1S/C16H17N3O3/c1-4-9-19-12-8-6-5-7-11(12)14(20)13(16(19)22)15(21)18-17-10(2)3/h4-8,20H,1,9H2,2-3H3,(H,18,21). The van der Waals surface area contributed by atoms with Gasteiger partial charge in [-0.25, -0.2) is 5.43 Å². The van der Waals surface area contributed by atoms with Crippen molar-refractivity contribution in [3.63, 3.8) is 0 Å². The number of para-hydroxylation sites is 1. The Balaban J connectivity index is 2.74. The minimum atomic E-state index is -0.743. The van der Waals surface area contributed by atoms with Gasteiger partial charge < -0.3 is 9.67 Å². The van der Waals surface area contributed by atoms with E-state index in [1.807, 2.05) is 0 Å². The first-order valence-corrected chi connectivity index (χ1v) is 6.74. The molecule has 0 fully saturated rings. The van der Waals surface area contributed by atoms with Gasteiger partial charge in [0.15, 0.2) is 0 Å². The zero-order chi connectivity index (χ0) is 16.3. The van der Waals surface area contributed by atoms with Crippen LogP contribution in [0.4, 0.5) is 0 Å². The number of carbonyl (C=O) groups excluding carboxylic acids is 1. The van der Waals surface area contributed by atoms with Gasteiger partial charge in [-0.3, -0.25) is 9.59 Å². The first kappa shape index (κ1) is 15.5. The highest BCUT2D eigenvalue weighted by molar-refractivity contribution is 6.02. The van der Waals surface area contributed by atoms with Gasteiger partial charge in [-0.2, -0.15) is 5.10 Å². The van der Waals surface area contributed by atoms with E-state index in [1.54, 1.807) is 44.2 Å². The van der Waals surface area contributed by atoms with Gasteiger partial charge in [0.25, 0.3) is 11.5 Å². The minimum Gasteiger partial charge on any atom is -0.506 e. The van der Waals surface area contributed by atoms with E-state index in [0.717, 1.165) is 0 Å². The summed E-state index contributed by atoms with van der Waals surface area (Å²) < 4.78 is 1.39. The molecule has 0 bridgehead atoms. The topological polar surface area (TPSA) is 83.7 Å². The van der Waals surface area contributed by atoms with Crippen LogP contribution < -0.4 is 11.0 Å². The molecule has 0 unspecified atom stereocenters. The number of hydrogen-bond acceptors (Lipinski definition) is 4. The quantitative estimate of drug-likeness (QED) is 0.514. The van der Waals surface area contributed by atoms with Crippen LogP contribution in [0.15, 0.2) is 46.8 Å². The third-order valence-corrected chi connectivity index (χ3v) is 3.07. The number of pyridine rings is 1. The second kappa shape index (κ2) is 6.26. The number of benzene rings is 1. The highest BCUT2D eigenvalue weighted by Gasteiger charge is 2.21. The van der Waals surface area contributed by atoms with Crippen molar-refractivity contribution in [3.05, 3.63) is 52.8 Å². The first-order chi connectivity index (χ1) is 10.5. The van der Waals surface area contributed by atoms with E-state index in [1.165, 1.54) is 4.57 Å². The predicted molar refractivity (Wildman–Crippen MR) is 86.3 cm³/mol. The van der Waals surface area contributed by atoms with Crippen LogP contribution in [-0.4, -0.2) is 21.3 Å². The molecule has 0 aliphatic rings. The molecule has 1 heterocycles. The molecule has 114 valence electrons. The molecule has 2 rings (SSSR count). The molecule has 2 aromatic rings. The van der Waals surface area contributed by atoms with Crippen molar-refractivity contribution in [1.82, 2.24) is 9.99 Å². The number of allylic oxidation sites excluding steroid dienone is 1. The fourth-order valence-corrected chi connectivity index (χ4v) is 2.12. The van der Waals surface area contributed by atoms with Gasteiger partial charge in [-0.15, -0.1) is 6.58 Å². The fraction of sp³-hybridized carbons (Fsp3) is 0.188. The molecule has 2 N–H and O–H groups in total. The van der Waals surface area contributed by atoms with E-state index < -0.39 is 11.5 Å². The number of fused-ring (bicyclic) bond motifs is 1. The van der Waals surface area contributed by atoms with Crippen molar-refractivity contribution < 1.29 is 9.90 Å². The lowest BCUT2D eigenvalue weighted by Gasteiger charge is -2.12. The Labute approximate surface area is 127 Å². The lowest BCUT2D eigenvalue weighted by Crippen LogP contribution is -2.31. The lowest BCUT2D eigenvalue weighted by atomic mass is 10.1. The Bertz CT molecular complexity index is 830. The summed E-state index contributed by atoms with van der Waals surface area (Å²) in [4.78, 5) is 24.7. The zero-order valence-electron chi connectivity index (χ0n) is 12.5. The number of amides is 1. The maximum Gasteiger partial charge on any atom is 0.280 e. The predicted octanol–water partition coefficient (Wildman–Crippen LogP) is 2.02. The van der Waals surface area contributed by atoms with E-state index in [0.29, 0.717) is 16.6 Å². The monoisotopic (exact) mass is 299 g/mol. The SMILES string of the molecule is C=CCn1c(=O)c(C(=O)NN=C(C)C)c(O)c2ccccc21. The van der Waals surface area contributed by atoms with Crippen molar-refractivity contribution in [2.75, 3.05) is 0 Å². The van der Waals surface area contributed by atoms with Gasteiger partial charge in [0.2, 0.25) is 0 Å². The summed E-state index contributed by atoms with van der Waals surface area (Å²) >= 11 is 0. The molecule has 1 aromatic heterocycles. The third kappa shape index (κ3) is 2.76. The summed E-state index contributed by atoms with van der Waals surface area (Å²) in [6, 6.07) is 6.83. The number of rotatable bonds is 4. The van der Waals surface area contributed by atoms with Gasteiger partial charge in [0, 0.05) is 17.6 Å². The molecule has 6 nitrogen and oxygen atoms in total. The van der Waals surface area contributed by atoms with Gasteiger partial charge in [-0.05, 0) is 26.0 Å². The molecule has 0 spiro atoms. The Morgan fingerprint density at radius 2 is 2.09 bits per heavy atom. The second-order valence-corrected chi connectivity index (χ2v) is 4.95. The maximum absolute atomic E-state index is 12.5. The molecule has 6 heteroatoms. The van der Waals surface area contributed by atoms with Crippen molar-refractivity contribution in [2.45, 2.75) is 20.4 Å². The second-order valence-electron chi connectivity index (χ2n) is 4.95. The summed E-state index contributed by atoms with van der Waals surface area (Å²) in [7, 11) is 0. The van der Waals surface area contributed by atoms with Crippen LogP contribution in [0.25, 0.3) is 10.9 Å². The molecule has 1 aromatic carbocycles. The molecule has 0 radical (unpaired) electrons. The summed E-state index contributed by atoms with van der Waals surface area (Å²) in [5, 5.41) is 14.5. The summed E-state index contributed by atoms with van der Waals surface area (Å²) in [5.74, 6) is -1.09.